The maximum absolute atomic E-state index is 13.2. The Morgan fingerprint density at radius 1 is 1.35 bits per heavy atom. The van der Waals surface area contributed by atoms with Crippen LogP contribution in [0.5, 0.6) is 0 Å². The third-order valence-corrected chi connectivity index (χ3v) is 4.83. The molecule has 6 heteroatoms. The molecule has 1 amide bonds. The van der Waals surface area contributed by atoms with E-state index in [-0.39, 0.29) is 17.1 Å². The van der Waals surface area contributed by atoms with Crippen LogP contribution in [-0.4, -0.2) is 22.4 Å². The highest BCUT2D eigenvalue weighted by atomic mass is 19.1. The number of rotatable bonds is 5. The minimum Gasteiger partial charge on any atom is -0.349 e. The number of imidazole rings is 1. The summed E-state index contributed by atoms with van der Waals surface area (Å²) in [5.74, 6) is 0.326. The summed E-state index contributed by atoms with van der Waals surface area (Å²) in [6, 6.07) is 4.40. The quantitative estimate of drug-likeness (QED) is 0.792. The van der Waals surface area contributed by atoms with Crippen LogP contribution in [0.2, 0.25) is 0 Å². The lowest BCUT2D eigenvalue weighted by molar-refractivity contribution is -0.124. The number of H-pyrrole nitrogens is 1. The van der Waals surface area contributed by atoms with Gasteiger partial charge in [-0.3, -0.25) is 4.79 Å². The van der Waals surface area contributed by atoms with Crippen molar-refractivity contribution in [3.05, 3.63) is 29.8 Å². The van der Waals surface area contributed by atoms with Crippen LogP contribution in [0.15, 0.2) is 18.2 Å². The normalized spacial score (nSPS) is 17.3. The van der Waals surface area contributed by atoms with Crippen LogP contribution in [0.25, 0.3) is 11.0 Å². The van der Waals surface area contributed by atoms with Gasteiger partial charge in [0.2, 0.25) is 5.91 Å². The van der Waals surface area contributed by atoms with Crippen molar-refractivity contribution in [2.75, 3.05) is 6.54 Å². The van der Waals surface area contributed by atoms with Crippen molar-refractivity contribution in [1.82, 2.24) is 15.3 Å². The third kappa shape index (κ3) is 3.69. The number of amides is 1. The minimum atomic E-state index is -0.307. The summed E-state index contributed by atoms with van der Waals surface area (Å²) in [4.78, 5) is 19.6. The standard InChI is InChI=1S/C17H23FN4O/c18-12-4-5-13-14(8-12)22-15(21-13)10-20-16(23)9-17(11-19)6-2-1-3-7-17/h4-5,8H,1-3,6-7,9-11,19H2,(H,20,23)(H,21,22). The second-order valence-corrected chi connectivity index (χ2v) is 6.56. The smallest absolute Gasteiger partial charge is 0.220 e. The van der Waals surface area contributed by atoms with Gasteiger partial charge in [-0.05, 0) is 43.0 Å². The molecule has 1 aliphatic rings. The molecule has 2 aromatic rings. The highest BCUT2D eigenvalue weighted by Gasteiger charge is 2.32. The Morgan fingerprint density at radius 2 is 2.13 bits per heavy atom. The molecular weight excluding hydrogens is 295 g/mol. The van der Waals surface area contributed by atoms with Gasteiger partial charge in [0.1, 0.15) is 11.6 Å². The summed E-state index contributed by atoms with van der Waals surface area (Å²) >= 11 is 0. The van der Waals surface area contributed by atoms with E-state index in [9.17, 15) is 9.18 Å². The van der Waals surface area contributed by atoms with Crippen LogP contribution in [0, 0.1) is 11.2 Å². The molecule has 1 saturated carbocycles. The molecule has 23 heavy (non-hydrogen) atoms. The zero-order chi connectivity index (χ0) is 16.3. The molecule has 0 saturated heterocycles. The predicted octanol–water partition coefficient (Wildman–Crippen LogP) is 2.62. The van der Waals surface area contributed by atoms with Gasteiger partial charge in [-0.1, -0.05) is 19.3 Å². The van der Waals surface area contributed by atoms with Gasteiger partial charge in [-0.15, -0.1) is 0 Å². The Balaban J connectivity index is 1.59. The topological polar surface area (TPSA) is 83.8 Å². The molecule has 1 aromatic heterocycles. The van der Waals surface area contributed by atoms with Crippen molar-refractivity contribution in [2.45, 2.75) is 45.1 Å². The SMILES string of the molecule is NCC1(CC(=O)NCc2nc3ccc(F)cc3[nH]2)CCCCC1. The van der Waals surface area contributed by atoms with Crippen LogP contribution in [0.1, 0.15) is 44.3 Å². The maximum atomic E-state index is 13.2. The van der Waals surface area contributed by atoms with Gasteiger partial charge in [0.15, 0.2) is 0 Å². The Kier molecular flexibility index (Phi) is 4.61. The molecule has 5 nitrogen and oxygen atoms in total. The third-order valence-electron chi connectivity index (χ3n) is 4.83. The average Bonchev–Trinajstić information content (AvgIpc) is 2.96. The molecule has 0 atom stereocenters. The van der Waals surface area contributed by atoms with E-state index in [4.69, 9.17) is 5.73 Å². The van der Waals surface area contributed by atoms with Crippen LogP contribution in [0.3, 0.4) is 0 Å². The monoisotopic (exact) mass is 318 g/mol. The summed E-state index contributed by atoms with van der Waals surface area (Å²) in [6.07, 6.45) is 6.07. The van der Waals surface area contributed by atoms with Gasteiger partial charge in [-0.25, -0.2) is 9.37 Å². The predicted molar refractivity (Wildman–Crippen MR) is 87.1 cm³/mol. The molecule has 4 N–H and O–H groups in total. The maximum Gasteiger partial charge on any atom is 0.220 e. The van der Waals surface area contributed by atoms with Gasteiger partial charge in [0.05, 0.1) is 17.6 Å². The van der Waals surface area contributed by atoms with Crippen LogP contribution >= 0.6 is 0 Å². The highest BCUT2D eigenvalue weighted by molar-refractivity contribution is 5.77. The van der Waals surface area contributed by atoms with Gasteiger partial charge in [0, 0.05) is 6.42 Å². The lowest BCUT2D eigenvalue weighted by atomic mass is 9.71. The minimum absolute atomic E-state index is 0.00369. The first-order valence-corrected chi connectivity index (χ1v) is 8.21. The van der Waals surface area contributed by atoms with Crippen molar-refractivity contribution >= 4 is 16.9 Å². The van der Waals surface area contributed by atoms with E-state index in [1.54, 1.807) is 6.07 Å². The average molecular weight is 318 g/mol. The zero-order valence-electron chi connectivity index (χ0n) is 13.2. The highest BCUT2D eigenvalue weighted by Crippen LogP contribution is 2.38. The Bertz CT molecular complexity index is 691. The van der Waals surface area contributed by atoms with E-state index in [1.807, 2.05) is 0 Å². The van der Waals surface area contributed by atoms with Gasteiger partial charge in [-0.2, -0.15) is 0 Å². The fourth-order valence-electron chi connectivity index (χ4n) is 3.46. The second kappa shape index (κ2) is 6.66. The van der Waals surface area contributed by atoms with E-state index >= 15 is 0 Å². The van der Waals surface area contributed by atoms with E-state index in [1.165, 1.54) is 18.6 Å². The van der Waals surface area contributed by atoms with Crippen LogP contribution in [-0.2, 0) is 11.3 Å². The number of fused-ring (bicyclic) bond motifs is 1. The molecule has 124 valence electrons. The number of carbonyl (C=O) groups excluding carboxylic acids is 1. The Hall–Kier alpha value is -1.95. The summed E-state index contributed by atoms with van der Waals surface area (Å²) in [5, 5.41) is 2.90. The second-order valence-electron chi connectivity index (χ2n) is 6.56. The van der Waals surface area contributed by atoms with E-state index < -0.39 is 0 Å². The molecule has 0 aliphatic heterocycles. The lowest BCUT2D eigenvalue weighted by Crippen LogP contribution is -2.38. The number of nitrogens with zero attached hydrogens (tertiary/aromatic N) is 1. The van der Waals surface area contributed by atoms with Crippen LogP contribution in [0.4, 0.5) is 4.39 Å². The number of aromatic amines is 1. The number of benzene rings is 1. The molecule has 1 fully saturated rings. The first-order chi connectivity index (χ1) is 11.1. The number of hydrogen-bond donors (Lipinski definition) is 3. The molecule has 0 spiro atoms. The Morgan fingerprint density at radius 3 is 2.87 bits per heavy atom. The van der Waals surface area contributed by atoms with Crippen LogP contribution < -0.4 is 11.1 Å². The van der Waals surface area contributed by atoms with Gasteiger partial charge >= 0.3 is 0 Å². The summed E-state index contributed by atoms with van der Waals surface area (Å²) < 4.78 is 13.2. The van der Waals surface area contributed by atoms with Crippen molar-refractivity contribution in [3.63, 3.8) is 0 Å². The largest absolute Gasteiger partial charge is 0.349 e. The number of nitrogens with two attached hydrogens (primary N) is 1. The number of nitrogens with one attached hydrogen (secondary N) is 2. The lowest BCUT2D eigenvalue weighted by Gasteiger charge is -2.35. The number of hydrogen-bond acceptors (Lipinski definition) is 3. The number of aromatic nitrogens is 2. The molecule has 1 aliphatic carbocycles. The Labute approximate surface area is 134 Å². The van der Waals surface area contributed by atoms with E-state index in [2.05, 4.69) is 15.3 Å². The van der Waals surface area contributed by atoms with E-state index in [0.29, 0.717) is 36.4 Å². The van der Waals surface area contributed by atoms with Crippen molar-refractivity contribution in [1.29, 1.82) is 0 Å². The molecule has 0 bridgehead atoms. The molecule has 3 rings (SSSR count). The fraction of sp³-hybridized carbons (Fsp3) is 0.529. The first kappa shape index (κ1) is 15.9. The summed E-state index contributed by atoms with van der Waals surface area (Å²) in [6.45, 7) is 0.875. The number of carbonyl (C=O) groups is 1. The number of halogens is 1. The summed E-state index contributed by atoms with van der Waals surface area (Å²) in [5.41, 5.74) is 7.22. The summed E-state index contributed by atoms with van der Waals surface area (Å²) in [7, 11) is 0. The molecule has 1 heterocycles. The van der Waals surface area contributed by atoms with Crippen molar-refractivity contribution in [3.8, 4) is 0 Å². The van der Waals surface area contributed by atoms with Gasteiger partial charge in [0.25, 0.3) is 0 Å². The molecule has 1 aromatic carbocycles. The molecular formula is C17H23FN4O. The molecule has 0 unspecified atom stereocenters. The zero-order valence-corrected chi connectivity index (χ0v) is 13.2. The van der Waals surface area contributed by atoms with E-state index in [0.717, 1.165) is 25.7 Å². The van der Waals surface area contributed by atoms with Crippen molar-refractivity contribution < 1.29 is 9.18 Å². The first-order valence-electron chi connectivity index (χ1n) is 8.21. The van der Waals surface area contributed by atoms with Gasteiger partial charge < -0.3 is 16.0 Å². The fourth-order valence-corrected chi connectivity index (χ4v) is 3.46. The molecule has 0 radical (unpaired) electrons. The van der Waals surface area contributed by atoms with Crippen molar-refractivity contribution in [2.24, 2.45) is 11.1 Å².